The highest BCUT2D eigenvalue weighted by molar-refractivity contribution is 6.34. The second-order valence-electron chi connectivity index (χ2n) is 9.75. The van der Waals surface area contributed by atoms with Gasteiger partial charge in [-0.3, -0.25) is 14.6 Å². The fourth-order valence-corrected chi connectivity index (χ4v) is 4.96. The summed E-state index contributed by atoms with van der Waals surface area (Å²) in [6, 6.07) is 20.5. The number of hydrogen-bond donors (Lipinski definition) is 3. The SMILES string of the molecule is CCCCC(NC(=O)CNC(=O)c1cccc(NC2=NCCCN2C(=O)Oc2ccccc2)c1)c1cc(Cl)cc(Cl)c1. The van der Waals surface area contributed by atoms with Crippen LogP contribution in [0.2, 0.25) is 10.0 Å². The van der Waals surface area contributed by atoms with Crippen molar-refractivity contribution in [2.24, 2.45) is 4.99 Å². The highest BCUT2D eigenvalue weighted by atomic mass is 35.5. The van der Waals surface area contributed by atoms with Crippen molar-refractivity contribution in [1.29, 1.82) is 0 Å². The third kappa shape index (κ3) is 8.96. The van der Waals surface area contributed by atoms with E-state index in [-0.39, 0.29) is 18.5 Å². The van der Waals surface area contributed by atoms with Gasteiger partial charge in [0.2, 0.25) is 11.9 Å². The standard InChI is InChI=1S/C31H33Cl2N5O4/c1-2-3-13-27(22-16-23(32)19-24(33)17-22)37-28(39)20-35-29(40)21-9-7-10-25(18-21)36-30-34-14-8-15-38(30)31(41)42-26-11-5-4-6-12-26/h4-7,9-12,16-19,27H,2-3,8,13-15,20H2,1H3,(H,34,36)(H,35,40)(H,37,39). The lowest BCUT2D eigenvalue weighted by atomic mass is 10.0. The first-order valence-corrected chi connectivity index (χ1v) is 14.6. The van der Waals surface area contributed by atoms with E-state index in [0.717, 1.165) is 18.4 Å². The molecule has 42 heavy (non-hydrogen) atoms. The second kappa shape index (κ2) is 15.2. The maximum atomic E-state index is 12.9. The van der Waals surface area contributed by atoms with Crippen molar-refractivity contribution >= 4 is 52.8 Å². The topological polar surface area (TPSA) is 112 Å². The number of nitrogens with one attached hydrogen (secondary N) is 3. The average Bonchev–Trinajstić information content (AvgIpc) is 2.98. The lowest BCUT2D eigenvalue weighted by Gasteiger charge is -2.27. The van der Waals surface area contributed by atoms with Crippen molar-refractivity contribution in [1.82, 2.24) is 15.5 Å². The zero-order chi connectivity index (χ0) is 29.9. The van der Waals surface area contributed by atoms with E-state index in [1.807, 2.05) is 6.07 Å². The highest BCUT2D eigenvalue weighted by Gasteiger charge is 2.25. The molecule has 0 aromatic heterocycles. The van der Waals surface area contributed by atoms with Crippen LogP contribution in [-0.4, -0.2) is 48.4 Å². The van der Waals surface area contributed by atoms with Crippen LogP contribution in [0.1, 0.15) is 54.6 Å². The first-order valence-electron chi connectivity index (χ1n) is 13.8. The Hall–Kier alpha value is -4.08. The number of para-hydroxylation sites is 1. The normalized spacial score (nSPS) is 13.5. The number of hydrogen-bond acceptors (Lipinski definition) is 6. The Balaban J connectivity index is 1.35. The average molecular weight is 611 g/mol. The lowest BCUT2D eigenvalue weighted by molar-refractivity contribution is -0.120. The van der Waals surface area contributed by atoms with Gasteiger partial charge in [0, 0.05) is 34.4 Å². The van der Waals surface area contributed by atoms with Gasteiger partial charge in [0.25, 0.3) is 5.91 Å². The van der Waals surface area contributed by atoms with E-state index in [1.165, 1.54) is 4.90 Å². The van der Waals surface area contributed by atoms with Gasteiger partial charge in [-0.1, -0.05) is 67.2 Å². The minimum atomic E-state index is -0.552. The summed E-state index contributed by atoms with van der Waals surface area (Å²) in [7, 11) is 0. The predicted octanol–water partition coefficient (Wildman–Crippen LogP) is 6.44. The van der Waals surface area contributed by atoms with E-state index in [0.29, 0.717) is 58.9 Å². The Morgan fingerprint density at radius 1 is 1.00 bits per heavy atom. The third-order valence-corrected chi connectivity index (χ3v) is 6.92. The van der Waals surface area contributed by atoms with E-state index < -0.39 is 12.0 Å². The van der Waals surface area contributed by atoms with Crippen molar-refractivity contribution in [2.75, 3.05) is 25.0 Å². The number of halogens is 2. The summed E-state index contributed by atoms with van der Waals surface area (Å²) in [5.41, 5.74) is 1.71. The fraction of sp³-hybridized carbons (Fsp3) is 0.290. The molecule has 1 heterocycles. The van der Waals surface area contributed by atoms with Crippen LogP contribution in [0.3, 0.4) is 0 Å². The lowest BCUT2D eigenvalue weighted by Crippen LogP contribution is -2.45. The summed E-state index contributed by atoms with van der Waals surface area (Å²) < 4.78 is 5.48. The van der Waals surface area contributed by atoms with E-state index in [4.69, 9.17) is 27.9 Å². The van der Waals surface area contributed by atoms with Crippen molar-refractivity contribution in [3.05, 3.63) is 94.0 Å². The van der Waals surface area contributed by atoms with Gasteiger partial charge in [-0.05, 0) is 66.9 Å². The fourth-order valence-electron chi connectivity index (χ4n) is 4.42. The molecule has 0 bridgehead atoms. The largest absolute Gasteiger partial charge is 0.422 e. The molecule has 1 unspecified atom stereocenters. The molecule has 3 N–H and O–H groups in total. The minimum absolute atomic E-state index is 0.209. The summed E-state index contributed by atoms with van der Waals surface area (Å²) in [6.45, 7) is 2.85. The molecule has 3 aromatic carbocycles. The quantitative estimate of drug-likeness (QED) is 0.245. The molecule has 0 radical (unpaired) electrons. The molecule has 0 saturated carbocycles. The summed E-state index contributed by atoms with van der Waals surface area (Å²) in [6.07, 6.45) is 2.71. The number of benzene rings is 3. The molecule has 9 nitrogen and oxygen atoms in total. The number of guanidine groups is 1. The Labute approximate surface area is 255 Å². The molecule has 1 atom stereocenters. The maximum Gasteiger partial charge on any atom is 0.422 e. The monoisotopic (exact) mass is 609 g/mol. The molecule has 4 rings (SSSR count). The van der Waals surface area contributed by atoms with E-state index in [2.05, 4.69) is 27.9 Å². The smallest absolute Gasteiger partial charge is 0.410 e. The molecule has 0 fully saturated rings. The predicted molar refractivity (Wildman–Crippen MR) is 165 cm³/mol. The molecule has 0 saturated heterocycles. The number of amides is 3. The van der Waals surface area contributed by atoms with Crippen molar-refractivity contribution in [3.8, 4) is 5.75 Å². The number of anilines is 1. The first-order chi connectivity index (χ1) is 20.3. The molecule has 3 amide bonds. The van der Waals surface area contributed by atoms with Crippen molar-refractivity contribution in [2.45, 2.75) is 38.6 Å². The van der Waals surface area contributed by atoms with Crippen LogP contribution in [0.4, 0.5) is 10.5 Å². The summed E-state index contributed by atoms with van der Waals surface area (Å²) >= 11 is 12.3. The van der Waals surface area contributed by atoms with Gasteiger partial charge in [0.1, 0.15) is 5.75 Å². The van der Waals surface area contributed by atoms with Crippen LogP contribution in [0.15, 0.2) is 77.8 Å². The van der Waals surface area contributed by atoms with Gasteiger partial charge in [0.15, 0.2) is 0 Å². The molecule has 0 spiro atoms. The number of aliphatic imine (C=N–C) groups is 1. The summed E-state index contributed by atoms with van der Waals surface area (Å²) in [5.74, 6) is 0.0103. The highest BCUT2D eigenvalue weighted by Crippen LogP contribution is 2.26. The number of unbranched alkanes of at least 4 members (excludes halogenated alkanes) is 1. The number of ether oxygens (including phenoxy) is 1. The number of nitrogens with zero attached hydrogens (tertiary/aromatic N) is 2. The van der Waals surface area contributed by atoms with Gasteiger partial charge < -0.3 is 20.7 Å². The maximum absolute atomic E-state index is 12.9. The summed E-state index contributed by atoms with van der Waals surface area (Å²) in [5, 5.41) is 9.76. The minimum Gasteiger partial charge on any atom is -0.410 e. The van der Waals surface area contributed by atoms with Crippen molar-refractivity contribution in [3.63, 3.8) is 0 Å². The summed E-state index contributed by atoms with van der Waals surface area (Å²) in [4.78, 5) is 44.4. The van der Waals surface area contributed by atoms with E-state index in [9.17, 15) is 14.4 Å². The van der Waals surface area contributed by atoms with Gasteiger partial charge in [-0.2, -0.15) is 0 Å². The van der Waals surface area contributed by atoms with E-state index in [1.54, 1.807) is 66.7 Å². The Morgan fingerprint density at radius 2 is 1.76 bits per heavy atom. The first kappa shape index (κ1) is 30.9. The molecule has 0 aliphatic carbocycles. The van der Waals surface area contributed by atoms with Crippen LogP contribution in [-0.2, 0) is 4.79 Å². The van der Waals surface area contributed by atoms with Gasteiger partial charge in [0.05, 0.1) is 12.6 Å². The zero-order valence-corrected chi connectivity index (χ0v) is 24.8. The molecule has 1 aliphatic heterocycles. The van der Waals surface area contributed by atoms with Gasteiger partial charge >= 0.3 is 6.09 Å². The van der Waals surface area contributed by atoms with Crippen LogP contribution >= 0.6 is 23.2 Å². The Morgan fingerprint density at radius 3 is 2.50 bits per heavy atom. The molecular formula is C31H33Cl2N5O4. The molecule has 3 aromatic rings. The van der Waals surface area contributed by atoms with Gasteiger partial charge in [-0.25, -0.2) is 9.69 Å². The van der Waals surface area contributed by atoms with Gasteiger partial charge in [-0.15, -0.1) is 0 Å². The Bertz CT molecular complexity index is 1410. The molecular weight excluding hydrogens is 577 g/mol. The van der Waals surface area contributed by atoms with E-state index >= 15 is 0 Å². The number of rotatable bonds is 10. The van der Waals surface area contributed by atoms with Crippen LogP contribution in [0.5, 0.6) is 5.75 Å². The number of carbonyl (C=O) groups excluding carboxylic acids is 3. The van der Waals surface area contributed by atoms with Crippen LogP contribution < -0.4 is 20.7 Å². The zero-order valence-electron chi connectivity index (χ0n) is 23.2. The Kier molecular flexibility index (Phi) is 11.2. The third-order valence-electron chi connectivity index (χ3n) is 6.49. The molecule has 220 valence electrons. The second-order valence-corrected chi connectivity index (χ2v) is 10.6. The molecule has 11 heteroatoms. The molecule has 1 aliphatic rings. The van der Waals surface area contributed by atoms with Crippen LogP contribution in [0, 0.1) is 0 Å². The van der Waals surface area contributed by atoms with Crippen LogP contribution in [0.25, 0.3) is 0 Å². The number of carbonyl (C=O) groups is 3. The van der Waals surface area contributed by atoms with Crippen molar-refractivity contribution < 1.29 is 19.1 Å².